The van der Waals surface area contributed by atoms with Gasteiger partial charge in [-0.1, -0.05) is 194 Å². The highest BCUT2D eigenvalue weighted by Crippen LogP contribution is 2.57. The fourth-order valence-corrected chi connectivity index (χ4v) is 10.9. The Hall–Kier alpha value is -8.20. The maximum absolute atomic E-state index is 2.47. The highest BCUT2D eigenvalue weighted by molar-refractivity contribution is 6.23. The van der Waals surface area contributed by atoms with Gasteiger partial charge in [0.2, 0.25) is 0 Å². The Morgan fingerprint density at radius 1 is 0.302 bits per heavy atom. The summed E-state index contributed by atoms with van der Waals surface area (Å²) >= 11 is 0. The molecule has 1 aliphatic rings. The summed E-state index contributed by atoms with van der Waals surface area (Å²) in [6.45, 7) is 0. The smallest absolute Gasteiger partial charge is 0.0713 e. The molecule has 63 heavy (non-hydrogen) atoms. The molecule has 294 valence electrons. The summed E-state index contributed by atoms with van der Waals surface area (Å²) in [5.74, 6) is 0. The third-order valence-corrected chi connectivity index (χ3v) is 13.6. The lowest BCUT2D eigenvalue weighted by Crippen LogP contribution is -2.28. The number of rotatable bonds is 7. The number of fused-ring (bicyclic) bond motifs is 9. The van der Waals surface area contributed by atoms with Crippen LogP contribution in [0.1, 0.15) is 22.3 Å². The van der Waals surface area contributed by atoms with Crippen molar-refractivity contribution in [3.05, 3.63) is 265 Å². The van der Waals surface area contributed by atoms with E-state index < -0.39 is 5.41 Å². The van der Waals surface area contributed by atoms with Gasteiger partial charge in [-0.2, -0.15) is 0 Å². The summed E-state index contributed by atoms with van der Waals surface area (Å²) < 4.78 is 2.47. The standard InChI is InChI=1S/C61H40N2/c1-4-15-41(16-5-1)42-27-32-47(33-28-42)62(49-36-38-53-55-24-14-23-54-52-22-11-13-26-58(52)63(60(54)55)59(53)40-49)48-34-29-43(30-35-48)44-31-37-51-50-21-10-12-25-56(50)61(57(51)39-44,45-17-6-2-7-18-45)46-19-8-3-9-20-46/h1-40H. The van der Waals surface area contributed by atoms with E-state index in [-0.39, 0.29) is 0 Å². The highest BCUT2D eigenvalue weighted by Gasteiger charge is 2.46. The van der Waals surface area contributed by atoms with Crippen molar-refractivity contribution < 1.29 is 0 Å². The van der Waals surface area contributed by atoms with Crippen LogP contribution < -0.4 is 4.90 Å². The molecule has 12 aromatic rings. The third kappa shape index (κ3) is 5.25. The SMILES string of the molecule is c1ccc(-c2ccc(N(c3ccc(-c4ccc5c(c4)C(c4ccccc4)(c4ccccc4)c4ccccc4-5)cc3)c3ccc4c5cccc6c7ccccc7n(c4c3)c65)cc2)cc1. The molecule has 0 saturated carbocycles. The zero-order valence-electron chi connectivity index (χ0n) is 34.5. The zero-order chi connectivity index (χ0) is 41.5. The van der Waals surface area contributed by atoms with Gasteiger partial charge >= 0.3 is 0 Å². The van der Waals surface area contributed by atoms with Crippen LogP contribution in [0.25, 0.3) is 71.5 Å². The predicted octanol–water partition coefficient (Wildman–Crippen LogP) is 16.0. The van der Waals surface area contributed by atoms with Crippen LogP contribution in [0.5, 0.6) is 0 Å². The summed E-state index contributed by atoms with van der Waals surface area (Å²) in [7, 11) is 0. The first-order valence-electron chi connectivity index (χ1n) is 21.8. The van der Waals surface area contributed by atoms with E-state index in [9.17, 15) is 0 Å². The van der Waals surface area contributed by atoms with Gasteiger partial charge in [0.05, 0.1) is 22.0 Å². The second-order valence-electron chi connectivity index (χ2n) is 16.8. The second kappa shape index (κ2) is 13.9. The zero-order valence-corrected chi connectivity index (χ0v) is 34.5. The molecular formula is C61H40N2. The Kier molecular flexibility index (Phi) is 7.85. The number of para-hydroxylation sites is 2. The molecule has 1 aliphatic carbocycles. The number of hydrogen-bond donors (Lipinski definition) is 0. The molecule has 0 amide bonds. The summed E-state index contributed by atoms with van der Waals surface area (Å²) in [5, 5.41) is 5.13. The molecule has 2 aromatic heterocycles. The van der Waals surface area contributed by atoms with Crippen LogP contribution >= 0.6 is 0 Å². The van der Waals surface area contributed by atoms with Crippen molar-refractivity contribution in [1.29, 1.82) is 0 Å². The summed E-state index contributed by atoms with van der Waals surface area (Å²) in [4.78, 5) is 2.40. The Labute approximate surface area is 366 Å². The average molecular weight is 801 g/mol. The number of nitrogens with zero attached hydrogens (tertiary/aromatic N) is 2. The lowest BCUT2D eigenvalue weighted by Gasteiger charge is -2.34. The first kappa shape index (κ1) is 35.5. The Balaban J connectivity index is 0.965. The van der Waals surface area contributed by atoms with Crippen molar-refractivity contribution in [2.24, 2.45) is 0 Å². The fraction of sp³-hybridized carbons (Fsp3) is 0.0164. The van der Waals surface area contributed by atoms with Crippen LogP contribution in [0.3, 0.4) is 0 Å². The van der Waals surface area contributed by atoms with Crippen LogP contribution in [0.15, 0.2) is 243 Å². The molecular weight excluding hydrogens is 761 g/mol. The van der Waals surface area contributed by atoms with Gasteiger partial charge in [-0.25, -0.2) is 0 Å². The van der Waals surface area contributed by atoms with Crippen LogP contribution in [-0.2, 0) is 5.41 Å². The van der Waals surface area contributed by atoms with Crippen LogP contribution in [0, 0.1) is 0 Å². The van der Waals surface area contributed by atoms with E-state index in [1.807, 2.05) is 0 Å². The van der Waals surface area contributed by atoms with Crippen molar-refractivity contribution in [2.75, 3.05) is 4.90 Å². The molecule has 2 heteroatoms. The maximum Gasteiger partial charge on any atom is 0.0713 e. The quantitative estimate of drug-likeness (QED) is 0.156. The second-order valence-corrected chi connectivity index (χ2v) is 16.8. The van der Waals surface area contributed by atoms with Gasteiger partial charge in [0.1, 0.15) is 0 Å². The molecule has 10 aromatic carbocycles. The lowest BCUT2D eigenvalue weighted by molar-refractivity contribution is 0.769. The van der Waals surface area contributed by atoms with E-state index in [1.165, 1.54) is 93.7 Å². The summed E-state index contributed by atoms with van der Waals surface area (Å²) in [6, 6.07) is 89.4. The monoisotopic (exact) mass is 800 g/mol. The van der Waals surface area contributed by atoms with Gasteiger partial charge in [-0.3, -0.25) is 0 Å². The third-order valence-electron chi connectivity index (χ3n) is 13.6. The largest absolute Gasteiger partial charge is 0.310 e. The first-order valence-corrected chi connectivity index (χ1v) is 21.8. The minimum Gasteiger partial charge on any atom is -0.310 e. The minimum absolute atomic E-state index is 0.447. The lowest BCUT2D eigenvalue weighted by atomic mass is 9.67. The first-order chi connectivity index (χ1) is 31.3. The molecule has 0 bridgehead atoms. The Morgan fingerprint density at radius 2 is 0.794 bits per heavy atom. The van der Waals surface area contributed by atoms with Gasteiger partial charge in [0.15, 0.2) is 0 Å². The van der Waals surface area contributed by atoms with Crippen molar-refractivity contribution >= 4 is 55.2 Å². The van der Waals surface area contributed by atoms with Crippen LogP contribution in [-0.4, -0.2) is 4.40 Å². The number of hydrogen-bond acceptors (Lipinski definition) is 1. The molecule has 0 aliphatic heterocycles. The van der Waals surface area contributed by atoms with E-state index in [0.717, 1.165) is 17.1 Å². The molecule has 0 saturated heterocycles. The minimum atomic E-state index is -0.447. The summed E-state index contributed by atoms with van der Waals surface area (Å²) in [6.07, 6.45) is 0. The normalized spacial score (nSPS) is 12.9. The van der Waals surface area contributed by atoms with Crippen LogP contribution in [0.4, 0.5) is 17.1 Å². The molecule has 0 spiro atoms. The van der Waals surface area contributed by atoms with Crippen molar-refractivity contribution in [3.63, 3.8) is 0 Å². The molecule has 0 radical (unpaired) electrons. The predicted molar refractivity (Wildman–Crippen MR) is 264 cm³/mol. The Bertz CT molecular complexity index is 3600. The molecule has 0 N–H and O–H groups in total. The number of anilines is 3. The van der Waals surface area contributed by atoms with Crippen molar-refractivity contribution in [1.82, 2.24) is 4.40 Å². The van der Waals surface area contributed by atoms with Gasteiger partial charge in [-0.05, 0) is 104 Å². The molecule has 13 rings (SSSR count). The molecule has 2 nitrogen and oxygen atoms in total. The van der Waals surface area contributed by atoms with Gasteiger partial charge < -0.3 is 9.30 Å². The van der Waals surface area contributed by atoms with Crippen molar-refractivity contribution in [2.45, 2.75) is 5.41 Å². The van der Waals surface area contributed by atoms with E-state index in [0.29, 0.717) is 0 Å². The number of benzene rings is 10. The fourth-order valence-electron chi connectivity index (χ4n) is 10.9. The topological polar surface area (TPSA) is 7.65 Å². The average Bonchev–Trinajstić information content (AvgIpc) is 3.99. The molecule has 0 unspecified atom stereocenters. The van der Waals surface area contributed by atoms with E-state index in [4.69, 9.17) is 0 Å². The maximum atomic E-state index is 2.47. The van der Waals surface area contributed by atoms with Crippen LogP contribution in [0.2, 0.25) is 0 Å². The van der Waals surface area contributed by atoms with E-state index in [1.54, 1.807) is 0 Å². The number of aromatic nitrogens is 1. The van der Waals surface area contributed by atoms with E-state index in [2.05, 4.69) is 252 Å². The summed E-state index contributed by atoms with van der Waals surface area (Å²) in [5.41, 5.74) is 19.1. The van der Waals surface area contributed by atoms with Gasteiger partial charge in [0.25, 0.3) is 0 Å². The Morgan fingerprint density at radius 3 is 1.48 bits per heavy atom. The van der Waals surface area contributed by atoms with Crippen molar-refractivity contribution in [3.8, 4) is 33.4 Å². The molecule has 2 heterocycles. The van der Waals surface area contributed by atoms with Gasteiger partial charge in [0, 0.05) is 38.6 Å². The highest BCUT2D eigenvalue weighted by atomic mass is 15.1. The molecule has 0 atom stereocenters. The molecule has 0 fully saturated rings. The van der Waals surface area contributed by atoms with E-state index >= 15 is 0 Å². The van der Waals surface area contributed by atoms with Gasteiger partial charge in [-0.15, -0.1) is 0 Å².